The maximum Gasteiger partial charge on any atom is 0.124 e. The van der Waals surface area contributed by atoms with Crippen molar-refractivity contribution >= 4 is 35.6 Å². The predicted molar refractivity (Wildman–Crippen MR) is 82.4 cm³/mol. The van der Waals surface area contributed by atoms with Crippen LogP contribution < -0.4 is 10.5 Å². The Morgan fingerprint density at radius 1 is 1.00 bits per heavy atom. The van der Waals surface area contributed by atoms with Crippen LogP contribution in [0.1, 0.15) is 11.1 Å². The van der Waals surface area contributed by atoms with Gasteiger partial charge in [-0.2, -0.15) is 0 Å². The van der Waals surface area contributed by atoms with Crippen molar-refractivity contribution in [1.82, 2.24) is 0 Å². The van der Waals surface area contributed by atoms with Crippen molar-refractivity contribution < 1.29 is 4.74 Å². The number of hydrogen-bond acceptors (Lipinski definition) is 2. The lowest BCUT2D eigenvalue weighted by Crippen LogP contribution is -2.03. The van der Waals surface area contributed by atoms with E-state index in [1.165, 1.54) is 0 Å². The maximum absolute atomic E-state index is 6.06. The first-order valence-corrected chi connectivity index (χ1v) is 6.31. The van der Waals surface area contributed by atoms with Crippen molar-refractivity contribution in [2.45, 2.75) is 13.2 Å². The van der Waals surface area contributed by atoms with Gasteiger partial charge in [-0.15, -0.1) is 12.4 Å². The number of ether oxygens (including phenoxy) is 1. The minimum absolute atomic E-state index is 0. The lowest BCUT2D eigenvalue weighted by atomic mass is 10.2. The molecule has 0 amide bonds. The first-order chi connectivity index (χ1) is 8.70. The Morgan fingerprint density at radius 2 is 1.74 bits per heavy atom. The molecule has 0 heterocycles. The molecule has 0 aliphatic rings. The average molecular weight is 319 g/mol. The summed E-state index contributed by atoms with van der Waals surface area (Å²) in [5, 5.41) is 1.35. The summed E-state index contributed by atoms with van der Waals surface area (Å²) in [6, 6.07) is 13.0. The molecule has 0 aliphatic heterocycles. The molecule has 5 heteroatoms. The molecule has 2 N–H and O–H groups in total. The van der Waals surface area contributed by atoms with Gasteiger partial charge in [-0.3, -0.25) is 0 Å². The SMILES string of the molecule is Cl.NCc1cc(Cl)ccc1OCc1ccccc1Cl. The Hall–Kier alpha value is -0.930. The van der Waals surface area contributed by atoms with Crippen LogP contribution in [0.25, 0.3) is 0 Å². The van der Waals surface area contributed by atoms with Crippen LogP contribution >= 0.6 is 35.6 Å². The molecule has 0 atom stereocenters. The van der Waals surface area contributed by atoms with Crippen LogP contribution in [0.4, 0.5) is 0 Å². The normalized spacial score (nSPS) is 9.84. The van der Waals surface area contributed by atoms with Gasteiger partial charge in [0.15, 0.2) is 0 Å². The molecule has 2 nitrogen and oxygen atoms in total. The van der Waals surface area contributed by atoms with E-state index in [9.17, 15) is 0 Å². The van der Waals surface area contributed by atoms with E-state index < -0.39 is 0 Å². The zero-order valence-electron chi connectivity index (χ0n) is 10.1. The third-order valence-electron chi connectivity index (χ3n) is 2.58. The standard InChI is InChI=1S/C14H13Cl2NO.ClH/c15-12-5-6-14(11(7-12)8-17)18-9-10-3-1-2-4-13(10)16;/h1-7H,8-9,17H2;1H. The van der Waals surface area contributed by atoms with E-state index in [0.29, 0.717) is 23.2 Å². The van der Waals surface area contributed by atoms with Crippen LogP contribution in [0.2, 0.25) is 10.0 Å². The Balaban J connectivity index is 0.00000180. The third-order valence-corrected chi connectivity index (χ3v) is 3.19. The van der Waals surface area contributed by atoms with Gasteiger partial charge in [-0.05, 0) is 24.3 Å². The fourth-order valence-electron chi connectivity index (χ4n) is 1.62. The summed E-state index contributed by atoms with van der Waals surface area (Å²) < 4.78 is 5.73. The molecule has 0 fully saturated rings. The Labute approximate surface area is 128 Å². The Bertz CT molecular complexity index is 546. The molecule has 19 heavy (non-hydrogen) atoms. The van der Waals surface area contributed by atoms with Gasteiger partial charge in [0.05, 0.1) is 0 Å². The average Bonchev–Trinajstić information content (AvgIpc) is 2.39. The first-order valence-electron chi connectivity index (χ1n) is 5.55. The zero-order valence-corrected chi connectivity index (χ0v) is 12.4. The molecule has 0 aliphatic carbocycles. The van der Waals surface area contributed by atoms with Gasteiger partial charge < -0.3 is 10.5 Å². The van der Waals surface area contributed by atoms with Crippen LogP contribution in [-0.2, 0) is 13.2 Å². The van der Waals surface area contributed by atoms with Gasteiger partial charge in [0.25, 0.3) is 0 Å². The van der Waals surface area contributed by atoms with Crippen LogP contribution in [0.5, 0.6) is 5.75 Å². The second kappa shape index (κ2) is 7.61. The molecule has 0 unspecified atom stereocenters. The topological polar surface area (TPSA) is 35.2 Å². The highest BCUT2D eigenvalue weighted by molar-refractivity contribution is 6.31. The van der Waals surface area contributed by atoms with Gasteiger partial charge in [0.2, 0.25) is 0 Å². The quantitative estimate of drug-likeness (QED) is 0.903. The predicted octanol–water partition coefficient (Wildman–Crippen LogP) is 4.45. The molecule has 0 aromatic heterocycles. The molecule has 2 rings (SSSR count). The van der Waals surface area contributed by atoms with Gasteiger partial charge >= 0.3 is 0 Å². The summed E-state index contributed by atoms with van der Waals surface area (Å²) in [5.74, 6) is 0.738. The minimum Gasteiger partial charge on any atom is -0.489 e. The summed E-state index contributed by atoms with van der Waals surface area (Å²) in [6.45, 7) is 0.798. The lowest BCUT2D eigenvalue weighted by molar-refractivity contribution is 0.303. The van der Waals surface area contributed by atoms with E-state index in [1.807, 2.05) is 36.4 Å². The van der Waals surface area contributed by atoms with E-state index in [2.05, 4.69) is 0 Å². The zero-order chi connectivity index (χ0) is 13.0. The van der Waals surface area contributed by atoms with Crippen LogP contribution in [0.3, 0.4) is 0 Å². The maximum atomic E-state index is 6.06. The van der Waals surface area contributed by atoms with Crippen molar-refractivity contribution in [1.29, 1.82) is 0 Å². The minimum atomic E-state index is 0. The highest BCUT2D eigenvalue weighted by atomic mass is 35.5. The number of halogens is 3. The van der Waals surface area contributed by atoms with E-state index in [0.717, 1.165) is 16.9 Å². The molecule has 0 spiro atoms. The van der Waals surface area contributed by atoms with Gasteiger partial charge in [0, 0.05) is 27.7 Å². The second-order valence-electron chi connectivity index (χ2n) is 3.84. The summed E-state index contributed by atoms with van der Waals surface area (Å²) >= 11 is 12.0. The second-order valence-corrected chi connectivity index (χ2v) is 4.68. The van der Waals surface area contributed by atoms with Gasteiger partial charge in [-0.1, -0.05) is 41.4 Å². The molecule has 0 bridgehead atoms. The first kappa shape index (κ1) is 16.1. The van der Waals surface area contributed by atoms with E-state index in [-0.39, 0.29) is 12.4 Å². The van der Waals surface area contributed by atoms with Gasteiger partial charge in [0.1, 0.15) is 12.4 Å². The fraction of sp³-hybridized carbons (Fsp3) is 0.143. The van der Waals surface area contributed by atoms with E-state index >= 15 is 0 Å². The van der Waals surface area contributed by atoms with Crippen LogP contribution in [0.15, 0.2) is 42.5 Å². The number of rotatable bonds is 4. The van der Waals surface area contributed by atoms with Crippen LogP contribution in [-0.4, -0.2) is 0 Å². The smallest absolute Gasteiger partial charge is 0.124 e. The Kier molecular flexibility index (Phi) is 6.46. The number of benzene rings is 2. The molecule has 0 saturated carbocycles. The van der Waals surface area contributed by atoms with Crippen LogP contribution in [0, 0.1) is 0 Å². The molecule has 2 aromatic carbocycles. The number of hydrogen-bond donors (Lipinski definition) is 1. The molecular formula is C14H14Cl3NO. The largest absolute Gasteiger partial charge is 0.489 e. The van der Waals surface area contributed by atoms with Crippen molar-refractivity contribution in [3.63, 3.8) is 0 Å². The highest BCUT2D eigenvalue weighted by Crippen LogP contribution is 2.24. The third kappa shape index (κ3) is 4.29. The highest BCUT2D eigenvalue weighted by Gasteiger charge is 2.05. The molecule has 0 radical (unpaired) electrons. The molecular weight excluding hydrogens is 305 g/mol. The van der Waals surface area contributed by atoms with Crippen molar-refractivity contribution in [2.24, 2.45) is 5.73 Å². The Morgan fingerprint density at radius 3 is 2.42 bits per heavy atom. The molecule has 0 saturated heterocycles. The summed E-state index contributed by atoms with van der Waals surface area (Å²) in [7, 11) is 0. The monoisotopic (exact) mass is 317 g/mol. The lowest BCUT2D eigenvalue weighted by Gasteiger charge is -2.11. The molecule has 2 aromatic rings. The molecule has 102 valence electrons. The van der Waals surface area contributed by atoms with Gasteiger partial charge in [-0.25, -0.2) is 0 Å². The fourth-order valence-corrected chi connectivity index (χ4v) is 2.00. The number of nitrogens with two attached hydrogens (primary N) is 1. The summed E-state index contributed by atoms with van der Waals surface area (Å²) in [5.41, 5.74) is 7.48. The van der Waals surface area contributed by atoms with E-state index in [4.69, 9.17) is 33.7 Å². The summed E-state index contributed by atoms with van der Waals surface area (Å²) in [6.07, 6.45) is 0. The van der Waals surface area contributed by atoms with Crippen molar-refractivity contribution in [3.05, 3.63) is 63.6 Å². The van der Waals surface area contributed by atoms with Crippen molar-refractivity contribution in [2.75, 3.05) is 0 Å². The van der Waals surface area contributed by atoms with Crippen molar-refractivity contribution in [3.8, 4) is 5.75 Å². The summed E-state index contributed by atoms with van der Waals surface area (Å²) in [4.78, 5) is 0. The van der Waals surface area contributed by atoms with E-state index in [1.54, 1.807) is 6.07 Å².